The summed E-state index contributed by atoms with van der Waals surface area (Å²) in [6.45, 7) is 8.35. The normalized spacial score (nSPS) is 16.3. The minimum absolute atomic E-state index is 0.102. The number of hydrogen-bond acceptors (Lipinski definition) is 1. The van der Waals surface area contributed by atoms with E-state index in [2.05, 4.69) is 18.4 Å². The summed E-state index contributed by atoms with van der Waals surface area (Å²) in [5.74, 6) is 0. The van der Waals surface area contributed by atoms with Gasteiger partial charge in [0.25, 0.3) is 0 Å². The first kappa shape index (κ1) is 16.0. The van der Waals surface area contributed by atoms with Gasteiger partial charge in [-0.15, -0.1) is 6.58 Å². The van der Waals surface area contributed by atoms with Crippen LogP contribution in [0.4, 0.5) is 13.2 Å². The smallest absolute Gasteiger partial charge is 0.296 e. The predicted molar refractivity (Wildman–Crippen MR) is 73.0 cm³/mol. The van der Waals surface area contributed by atoms with Gasteiger partial charge in [0.15, 0.2) is 0 Å². The maximum atomic E-state index is 12.5. The summed E-state index contributed by atoms with van der Waals surface area (Å²) in [5, 5.41) is 0. The van der Waals surface area contributed by atoms with Crippen LogP contribution >= 0.6 is 0 Å². The predicted octanol–water partition coefficient (Wildman–Crippen LogP) is 4.48. The maximum absolute atomic E-state index is 12.5. The Morgan fingerprint density at radius 2 is 2.05 bits per heavy atom. The Balaban J connectivity index is 2.58. The summed E-state index contributed by atoms with van der Waals surface area (Å²) in [5.41, 5.74) is 0.658. The molecule has 0 amide bonds. The van der Waals surface area contributed by atoms with Gasteiger partial charge in [-0.2, -0.15) is 13.2 Å². The summed E-state index contributed by atoms with van der Waals surface area (Å²) >= 11 is 0. The van der Waals surface area contributed by atoms with Crippen LogP contribution in [0.5, 0.6) is 0 Å². The second kappa shape index (κ2) is 7.53. The molecular weight excluding hydrogens is 251 g/mol. The number of halogens is 3. The Morgan fingerprint density at radius 3 is 2.53 bits per heavy atom. The first-order chi connectivity index (χ1) is 8.97. The van der Waals surface area contributed by atoms with Crippen LogP contribution in [0, 0.1) is 0 Å². The zero-order valence-corrected chi connectivity index (χ0v) is 11.5. The van der Waals surface area contributed by atoms with E-state index in [4.69, 9.17) is 0 Å². The van der Waals surface area contributed by atoms with Crippen LogP contribution in [-0.4, -0.2) is 30.7 Å². The maximum Gasteiger partial charge on any atom is 0.412 e. The van der Waals surface area contributed by atoms with Crippen LogP contribution in [0.2, 0.25) is 0 Å². The summed E-state index contributed by atoms with van der Waals surface area (Å²) in [4.78, 5) is 2.23. The number of unbranched alkanes of at least 4 members (excludes halogenated alkanes) is 1. The number of allylic oxidation sites excluding steroid dienone is 3. The number of alkyl halides is 3. The molecule has 0 radical (unpaired) electrons. The summed E-state index contributed by atoms with van der Waals surface area (Å²) in [7, 11) is 0. The van der Waals surface area contributed by atoms with Crippen molar-refractivity contribution in [2.45, 2.75) is 38.8 Å². The molecule has 1 aliphatic rings. The number of rotatable bonds is 7. The molecule has 0 bridgehead atoms. The van der Waals surface area contributed by atoms with Crippen LogP contribution in [0.15, 0.2) is 36.0 Å². The Morgan fingerprint density at radius 1 is 1.32 bits per heavy atom. The van der Waals surface area contributed by atoms with E-state index in [-0.39, 0.29) is 6.42 Å². The minimum atomic E-state index is -4.18. The highest BCUT2D eigenvalue weighted by atomic mass is 19.4. The molecule has 0 aliphatic heterocycles. The molecule has 4 heteroatoms. The summed E-state index contributed by atoms with van der Waals surface area (Å²) in [6, 6.07) is 0. The van der Waals surface area contributed by atoms with E-state index in [1.807, 2.05) is 6.08 Å². The molecule has 0 aromatic heterocycles. The van der Waals surface area contributed by atoms with E-state index in [0.717, 1.165) is 38.0 Å². The van der Waals surface area contributed by atoms with Crippen molar-refractivity contribution in [3.8, 4) is 0 Å². The molecule has 0 atom stereocenters. The van der Waals surface area contributed by atoms with Crippen molar-refractivity contribution in [3.05, 3.63) is 36.0 Å². The van der Waals surface area contributed by atoms with Crippen LogP contribution in [0.1, 0.15) is 32.6 Å². The molecule has 0 heterocycles. The van der Waals surface area contributed by atoms with Gasteiger partial charge in [-0.05, 0) is 25.8 Å². The highest BCUT2D eigenvalue weighted by molar-refractivity contribution is 5.27. The van der Waals surface area contributed by atoms with E-state index in [1.54, 1.807) is 6.08 Å². The molecule has 0 fully saturated rings. The Kier molecular flexibility index (Phi) is 6.35. The van der Waals surface area contributed by atoms with Crippen molar-refractivity contribution in [1.82, 2.24) is 4.90 Å². The highest BCUT2D eigenvalue weighted by Crippen LogP contribution is 2.32. The second-order valence-electron chi connectivity index (χ2n) is 4.89. The van der Waals surface area contributed by atoms with E-state index >= 15 is 0 Å². The van der Waals surface area contributed by atoms with Gasteiger partial charge < -0.3 is 0 Å². The third-order valence-corrected chi connectivity index (χ3v) is 3.24. The Hall–Kier alpha value is -1.03. The quantitative estimate of drug-likeness (QED) is 0.618. The van der Waals surface area contributed by atoms with E-state index in [9.17, 15) is 13.2 Å². The fourth-order valence-electron chi connectivity index (χ4n) is 2.13. The zero-order valence-electron chi connectivity index (χ0n) is 11.5. The minimum Gasteiger partial charge on any atom is -0.296 e. The van der Waals surface area contributed by atoms with Gasteiger partial charge >= 0.3 is 6.18 Å². The molecule has 108 valence electrons. The van der Waals surface area contributed by atoms with Crippen molar-refractivity contribution in [2.75, 3.05) is 19.6 Å². The van der Waals surface area contributed by atoms with Crippen molar-refractivity contribution >= 4 is 0 Å². The van der Waals surface area contributed by atoms with Crippen LogP contribution < -0.4 is 0 Å². The van der Waals surface area contributed by atoms with E-state index in [0.29, 0.717) is 6.42 Å². The van der Waals surface area contributed by atoms with Crippen molar-refractivity contribution < 1.29 is 13.2 Å². The molecule has 0 N–H and O–H groups in total. The molecule has 0 unspecified atom stereocenters. The van der Waals surface area contributed by atoms with Crippen molar-refractivity contribution in [1.29, 1.82) is 0 Å². The first-order valence-electron chi connectivity index (χ1n) is 6.76. The molecule has 0 saturated heterocycles. The molecule has 1 rings (SSSR count). The first-order valence-corrected chi connectivity index (χ1v) is 6.76. The molecule has 1 aliphatic carbocycles. The largest absolute Gasteiger partial charge is 0.412 e. The Labute approximate surface area is 113 Å². The SMILES string of the molecule is C=CCN(CCCC)CC1=CC=C(C(F)(F)F)CC1. The van der Waals surface area contributed by atoms with E-state index < -0.39 is 11.7 Å². The molecule has 19 heavy (non-hydrogen) atoms. The lowest BCUT2D eigenvalue weighted by atomic mass is 9.97. The van der Waals surface area contributed by atoms with Gasteiger partial charge in [0, 0.05) is 18.7 Å². The van der Waals surface area contributed by atoms with E-state index in [1.165, 1.54) is 6.08 Å². The topological polar surface area (TPSA) is 3.24 Å². The molecule has 0 spiro atoms. The fraction of sp³-hybridized carbons (Fsp3) is 0.600. The molecule has 0 aromatic rings. The van der Waals surface area contributed by atoms with Crippen molar-refractivity contribution in [3.63, 3.8) is 0 Å². The standard InChI is InChI=1S/C15H22F3N/c1-3-5-11-19(10-4-2)12-13-6-8-14(9-7-13)15(16,17)18/h4,6,8H,2-3,5,7,9-12H2,1H3. The highest BCUT2D eigenvalue weighted by Gasteiger charge is 2.33. The fourth-order valence-corrected chi connectivity index (χ4v) is 2.13. The molecule has 0 saturated carbocycles. The lowest BCUT2D eigenvalue weighted by molar-refractivity contribution is -0.0941. The number of nitrogens with zero attached hydrogens (tertiary/aromatic N) is 1. The summed E-state index contributed by atoms with van der Waals surface area (Å²) < 4.78 is 37.5. The third-order valence-electron chi connectivity index (χ3n) is 3.24. The molecular formula is C15H22F3N. The Bertz CT molecular complexity index is 353. The summed E-state index contributed by atoms with van der Waals surface area (Å²) in [6.07, 6.45) is 3.35. The third kappa shape index (κ3) is 5.64. The van der Waals surface area contributed by atoms with Gasteiger partial charge in [-0.3, -0.25) is 4.90 Å². The van der Waals surface area contributed by atoms with Crippen LogP contribution in [0.3, 0.4) is 0 Å². The van der Waals surface area contributed by atoms with Gasteiger partial charge in [0.2, 0.25) is 0 Å². The van der Waals surface area contributed by atoms with Crippen LogP contribution in [-0.2, 0) is 0 Å². The van der Waals surface area contributed by atoms with Crippen molar-refractivity contribution in [2.24, 2.45) is 0 Å². The van der Waals surface area contributed by atoms with Gasteiger partial charge in [0.1, 0.15) is 0 Å². The molecule has 1 nitrogen and oxygen atoms in total. The number of hydrogen-bond donors (Lipinski definition) is 0. The second-order valence-corrected chi connectivity index (χ2v) is 4.89. The average molecular weight is 273 g/mol. The lowest BCUT2D eigenvalue weighted by Gasteiger charge is -2.24. The monoisotopic (exact) mass is 273 g/mol. The van der Waals surface area contributed by atoms with Gasteiger partial charge in [0.05, 0.1) is 0 Å². The van der Waals surface area contributed by atoms with Gasteiger partial charge in [-0.25, -0.2) is 0 Å². The lowest BCUT2D eigenvalue weighted by Crippen LogP contribution is -2.28. The molecule has 0 aromatic carbocycles. The van der Waals surface area contributed by atoms with Gasteiger partial charge in [-0.1, -0.05) is 37.1 Å². The van der Waals surface area contributed by atoms with Crippen LogP contribution in [0.25, 0.3) is 0 Å². The zero-order chi connectivity index (χ0) is 14.3. The average Bonchev–Trinajstić information content (AvgIpc) is 2.36.